The molecular weight excluding hydrogens is 374 g/mol. The van der Waals surface area contributed by atoms with Crippen LogP contribution in [0, 0.1) is 0 Å². The Bertz CT molecular complexity index is 917. The van der Waals surface area contributed by atoms with Crippen LogP contribution in [0.15, 0.2) is 51.5 Å². The summed E-state index contributed by atoms with van der Waals surface area (Å²) in [4.78, 5) is 16.4. The first kappa shape index (κ1) is 19.2. The summed E-state index contributed by atoms with van der Waals surface area (Å²) in [6.07, 6.45) is 1.54. The van der Waals surface area contributed by atoms with Crippen molar-refractivity contribution in [1.82, 2.24) is 15.1 Å². The Morgan fingerprint density at radius 1 is 1.17 bits per heavy atom. The molecule has 1 N–H and O–H groups in total. The second-order valence-corrected chi connectivity index (χ2v) is 6.85. The van der Waals surface area contributed by atoms with Crippen LogP contribution < -0.4 is 10.2 Å². The summed E-state index contributed by atoms with van der Waals surface area (Å²) in [7, 11) is 1.82. The van der Waals surface area contributed by atoms with E-state index >= 15 is 0 Å². The van der Waals surface area contributed by atoms with Gasteiger partial charge in [0.1, 0.15) is 0 Å². The van der Waals surface area contributed by atoms with Gasteiger partial charge in [0.15, 0.2) is 5.76 Å². The highest BCUT2D eigenvalue weighted by Crippen LogP contribution is 2.20. The van der Waals surface area contributed by atoms with Crippen molar-refractivity contribution in [3.8, 4) is 11.7 Å². The molecule has 1 aromatic carbocycles. The second-order valence-electron chi connectivity index (χ2n) is 6.85. The standard InChI is InChI=1S/C20H23N5O4/c1-24(14-19-22-23-20(29-19)17-3-2-10-28-17)13-18(26)21-15-4-6-16(7-5-15)25-8-11-27-12-9-25/h2-7,10H,8-9,11-14H2,1H3,(H,21,26). The minimum Gasteiger partial charge on any atom is -0.459 e. The lowest BCUT2D eigenvalue weighted by atomic mass is 10.2. The van der Waals surface area contributed by atoms with Gasteiger partial charge in [-0.3, -0.25) is 9.69 Å². The highest BCUT2D eigenvalue weighted by Gasteiger charge is 2.15. The van der Waals surface area contributed by atoms with E-state index in [0.717, 1.165) is 37.7 Å². The Morgan fingerprint density at radius 3 is 2.69 bits per heavy atom. The summed E-state index contributed by atoms with van der Waals surface area (Å²) in [6.45, 7) is 3.81. The monoisotopic (exact) mass is 397 g/mol. The zero-order valence-corrected chi connectivity index (χ0v) is 16.2. The third-order valence-corrected chi connectivity index (χ3v) is 4.54. The molecule has 4 rings (SSSR count). The summed E-state index contributed by atoms with van der Waals surface area (Å²) in [5.74, 6) is 1.15. The quantitative estimate of drug-likeness (QED) is 0.648. The van der Waals surface area contributed by atoms with Gasteiger partial charge in [-0.15, -0.1) is 10.2 Å². The Hall–Kier alpha value is -3.17. The van der Waals surface area contributed by atoms with Gasteiger partial charge < -0.3 is 23.8 Å². The molecule has 0 bridgehead atoms. The van der Waals surface area contributed by atoms with E-state index in [4.69, 9.17) is 13.6 Å². The highest BCUT2D eigenvalue weighted by atomic mass is 16.5. The topological polar surface area (TPSA) is 96.9 Å². The summed E-state index contributed by atoms with van der Waals surface area (Å²) >= 11 is 0. The number of rotatable bonds is 7. The lowest BCUT2D eigenvalue weighted by Crippen LogP contribution is -2.36. The van der Waals surface area contributed by atoms with Crippen molar-refractivity contribution in [2.24, 2.45) is 0 Å². The Balaban J connectivity index is 1.26. The normalized spacial score (nSPS) is 14.3. The van der Waals surface area contributed by atoms with Gasteiger partial charge in [-0.1, -0.05) is 0 Å². The van der Waals surface area contributed by atoms with Crippen LogP contribution in [0.3, 0.4) is 0 Å². The molecule has 1 saturated heterocycles. The number of carbonyl (C=O) groups excluding carboxylic acids is 1. The van der Waals surface area contributed by atoms with Gasteiger partial charge in [-0.2, -0.15) is 0 Å². The molecule has 9 nitrogen and oxygen atoms in total. The van der Waals surface area contributed by atoms with Crippen molar-refractivity contribution in [2.45, 2.75) is 6.54 Å². The highest BCUT2D eigenvalue weighted by molar-refractivity contribution is 5.92. The van der Waals surface area contributed by atoms with Crippen LogP contribution in [0.25, 0.3) is 11.7 Å². The summed E-state index contributed by atoms with van der Waals surface area (Å²) in [5.41, 5.74) is 1.89. The molecular formula is C20H23N5O4. The van der Waals surface area contributed by atoms with Crippen LogP contribution in [0.2, 0.25) is 0 Å². The first-order valence-electron chi connectivity index (χ1n) is 9.45. The number of hydrogen-bond acceptors (Lipinski definition) is 8. The van der Waals surface area contributed by atoms with Gasteiger partial charge in [0, 0.05) is 24.5 Å². The number of likely N-dealkylation sites (N-methyl/N-ethyl adjacent to an activating group) is 1. The zero-order chi connectivity index (χ0) is 20.1. The largest absolute Gasteiger partial charge is 0.459 e. The molecule has 0 atom stereocenters. The molecule has 1 aliphatic heterocycles. The molecule has 0 aliphatic carbocycles. The summed E-state index contributed by atoms with van der Waals surface area (Å²) in [5, 5.41) is 10.9. The first-order chi connectivity index (χ1) is 14.2. The number of benzene rings is 1. The predicted molar refractivity (Wildman–Crippen MR) is 106 cm³/mol. The van der Waals surface area contributed by atoms with Crippen LogP contribution in [0.4, 0.5) is 11.4 Å². The van der Waals surface area contributed by atoms with E-state index in [1.165, 1.54) is 0 Å². The molecule has 1 amide bonds. The molecule has 3 heterocycles. The molecule has 0 radical (unpaired) electrons. The lowest BCUT2D eigenvalue weighted by molar-refractivity contribution is -0.117. The SMILES string of the molecule is CN(CC(=O)Nc1ccc(N2CCOCC2)cc1)Cc1nnc(-c2ccco2)o1. The van der Waals surface area contributed by atoms with Gasteiger partial charge >= 0.3 is 0 Å². The number of furan rings is 1. The molecule has 1 fully saturated rings. The number of aromatic nitrogens is 2. The molecule has 152 valence electrons. The average Bonchev–Trinajstić information content (AvgIpc) is 3.41. The minimum atomic E-state index is -0.114. The van der Waals surface area contributed by atoms with Crippen molar-refractivity contribution < 1.29 is 18.4 Å². The third kappa shape index (κ3) is 5.01. The van der Waals surface area contributed by atoms with Gasteiger partial charge in [0.05, 0.1) is 32.6 Å². The predicted octanol–water partition coefficient (Wildman–Crippen LogP) is 2.24. The molecule has 3 aromatic rings. The van der Waals surface area contributed by atoms with Gasteiger partial charge in [-0.25, -0.2) is 0 Å². The summed E-state index contributed by atoms with van der Waals surface area (Å²) < 4.78 is 16.2. The second kappa shape index (κ2) is 8.89. The van der Waals surface area contributed by atoms with Crippen molar-refractivity contribution in [2.75, 3.05) is 50.1 Å². The maximum atomic E-state index is 12.3. The van der Waals surface area contributed by atoms with Crippen LogP contribution in [0.1, 0.15) is 5.89 Å². The number of ether oxygens (including phenoxy) is 1. The fraction of sp³-hybridized carbons (Fsp3) is 0.350. The van der Waals surface area contributed by atoms with E-state index in [9.17, 15) is 4.79 Å². The van der Waals surface area contributed by atoms with Crippen molar-refractivity contribution >= 4 is 17.3 Å². The third-order valence-electron chi connectivity index (χ3n) is 4.54. The molecule has 0 unspecified atom stereocenters. The Kier molecular flexibility index (Phi) is 5.87. The molecule has 29 heavy (non-hydrogen) atoms. The van der Waals surface area contributed by atoms with Gasteiger partial charge in [0.2, 0.25) is 11.8 Å². The molecule has 2 aromatic heterocycles. The molecule has 9 heteroatoms. The average molecular weight is 397 g/mol. The van der Waals surface area contributed by atoms with Crippen LogP contribution >= 0.6 is 0 Å². The number of amides is 1. The maximum absolute atomic E-state index is 12.3. The number of nitrogens with zero attached hydrogens (tertiary/aromatic N) is 4. The fourth-order valence-corrected chi connectivity index (χ4v) is 3.13. The molecule has 0 saturated carbocycles. The number of carbonyl (C=O) groups is 1. The van der Waals surface area contributed by atoms with E-state index in [2.05, 4.69) is 20.4 Å². The van der Waals surface area contributed by atoms with Gasteiger partial charge in [-0.05, 0) is 43.4 Å². The van der Waals surface area contributed by atoms with E-state index in [0.29, 0.717) is 24.1 Å². The van der Waals surface area contributed by atoms with E-state index in [1.807, 2.05) is 31.3 Å². The van der Waals surface area contributed by atoms with Crippen molar-refractivity contribution in [1.29, 1.82) is 0 Å². The van der Waals surface area contributed by atoms with E-state index in [-0.39, 0.29) is 12.5 Å². The lowest BCUT2D eigenvalue weighted by Gasteiger charge is -2.28. The van der Waals surface area contributed by atoms with Crippen molar-refractivity contribution in [3.63, 3.8) is 0 Å². The van der Waals surface area contributed by atoms with Crippen LogP contribution in [-0.4, -0.2) is 60.9 Å². The van der Waals surface area contributed by atoms with Crippen LogP contribution in [-0.2, 0) is 16.1 Å². The minimum absolute atomic E-state index is 0.114. The van der Waals surface area contributed by atoms with Gasteiger partial charge in [0.25, 0.3) is 5.89 Å². The summed E-state index contributed by atoms with van der Waals surface area (Å²) in [6, 6.07) is 11.4. The number of morpholine rings is 1. The van der Waals surface area contributed by atoms with E-state index in [1.54, 1.807) is 23.3 Å². The number of anilines is 2. The smallest absolute Gasteiger partial charge is 0.283 e. The van der Waals surface area contributed by atoms with Crippen molar-refractivity contribution in [3.05, 3.63) is 48.6 Å². The number of nitrogens with one attached hydrogen (secondary N) is 1. The first-order valence-corrected chi connectivity index (χ1v) is 9.45. The number of hydrogen-bond donors (Lipinski definition) is 1. The van der Waals surface area contributed by atoms with Crippen LogP contribution in [0.5, 0.6) is 0 Å². The fourth-order valence-electron chi connectivity index (χ4n) is 3.13. The Labute approximate surface area is 168 Å². The maximum Gasteiger partial charge on any atom is 0.283 e. The Morgan fingerprint density at radius 2 is 1.97 bits per heavy atom. The molecule has 0 spiro atoms. The molecule has 1 aliphatic rings. The zero-order valence-electron chi connectivity index (χ0n) is 16.2. The van der Waals surface area contributed by atoms with E-state index < -0.39 is 0 Å².